The lowest BCUT2D eigenvalue weighted by Crippen LogP contribution is -2.41. The smallest absolute Gasteiger partial charge is 0.269 e. The molecule has 2 aromatic carbocycles. The minimum Gasteiger partial charge on any atom is -0.494 e. The van der Waals surface area contributed by atoms with Crippen molar-refractivity contribution >= 4 is 17.5 Å². The molecule has 2 amide bonds. The van der Waals surface area contributed by atoms with Crippen molar-refractivity contribution in [2.24, 2.45) is 0 Å². The van der Waals surface area contributed by atoms with Gasteiger partial charge in [0.25, 0.3) is 11.8 Å². The molecule has 2 aromatic rings. The Hall–Kier alpha value is -3.02. The second kappa shape index (κ2) is 8.01. The molecule has 0 radical (unpaired) electrons. The van der Waals surface area contributed by atoms with Crippen molar-refractivity contribution in [3.05, 3.63) is 59.7 Å². The van der Waals surface area contributed by atoms with E-state index >= 15 is 0 Å². The molecule has 0 atom stereocenters. The number of nitrogens with one attached hydrogen (secondary N) is 2. The third-order valence-corrected chi connectivity index (χ3v) is 3.36. The Labute approximate surface area is 141 Å². The Morgan fingerprint density at radius 2 is 1.33 bits per heavy atom. The number of benzene rings is 2. The van der Waals surface area contributed by atoms with Gasteiger partial charge in [-0.15, -0.1) is 0 Å². The number of hydrogen-bond donors (Lipinski definition) is 2. The molecule has 0 fully saturated rings. The minimum atomic E-state index is -0.392. The number of hydrazine groups is 1. The van der Waals surface area contributed by atoms with Crippen LogP contribution in [0.5, 0.6) is 5.75 Å². The van der Waals surface area contributed by atoms with Crippen molar-refractivity contribution < 1.29 is 14.3 Å². The number of rotatable bonds is 5. The van der Waals surface area contributed by atoms with E-state index in [4.69, 9.17) is 4.74 Å². The maximum atomic E-state index is 12.0. The quantitative estimate of drug-likeness (QED) is 0.826. The van der Waals surface area contributed by atoms with Gasteiger partial charge in [-0.05, 0) is 55.5 Å². The molecule has 0 aliphatic heterocycles. The highest BCUT2D eigenvalue weighted by Gasteiger charge is 2.09. The second-order valence-corrected chi connectivity index (χ2v) is 5.31. The summed E-state index contributed by atoms with van der Waals surface area (Å²) in [5.41, 5.74) is 6.69. The minimum absolute atomic E-state index is 0.375. The maximum absolute atomic E-state index is 12.0. The molecular formula is C18H21N3O3. The van der Waals surface area contributed by atoms with Gasteiger partial charge in [0.2, 0.25) is 0 Å². The van der Waals surface area contributed by atoms with Crippen LogP contribution >= 0.6 is 0 Å². The van der Waals surface area contributed by atoms with Gasteiger partial charge in [-0.25, -0.2) is 0 Å². The van der Waals surface area contributed by atoms with Crippen LogP contribution in [-0.2, 0) is 0 Å². The maximum Gasteiger partial charge on any atom is 0.269 e. The standard InChI is InChI=1S/C18H21N3O3/c1-4-24-16-11-7-14(8-12-16)18(23)20-19-17(22)13-5-9-15(10-6-13)21(2)3/h5-12H,4H2,1-3H3,(H,19,22)(H,20,23). The SMILES string of the molecule is CCOc1ccc(C(=O)NNC(=O)c2ccc(N(C)C)cc2)cc1. The van der Waals surface area contributed by atoms with Gasteiger partial charge in [-0.3, -0.25) is 20.4 Å². The van der Waals surface area contributed by atoms with Crippen molar-refractivity contribution in [2.45, 2.75) is 6.92 Å². The van der Waals surface area contributed by atoms with E-state index in [1.165, 1.54) is 0 Å². The van der Waals surface area contributed by atoms with Crippen molar-refractivity contribution in [1.82, 2.24) is 10.9 Å². The van der Waals surface area contributed by atoms with Gasteiger partial charge in [0.1, 0.15) is 5.75 Å². The molecule has 0 spiro atoms. The molecule has 0 saturated carbocycles. The van der Waals surface area contributed by atoms with Gasteiger partial charge in [0.15, 0.2) is 0 Å². The second-order valence-electron chi connectivity index (χ2n) is 5.31. The topological polar surface area (TPSA) is 70.7 Å². The summed E-state index contributed by atoms with van der Waals surface area (Å²) in [4.78, 5) is 26.0. The van der Waals surface area contributed by atoms with E-state index in [0.717, 1.165) is 5.69 Å². The van der Waals surface area contributed by atoms with Gasteiger partial charge >= 0.3 is 0 Å². The fraction of sp³-hybridized carbons (Fsp3) is 0.222. The van der Waals surface area contributed by atoms with E-state index < -0.39 is 5.91 Å². The fourth-order valence-corrected chi connectivity index (χ4v) is 2.04. The summed E-state index contributed by atoms with van der Waals surface area (Å²) in [7, 11) is 3.85. The average molecular weight is 327 g/mol. The van der Waals surface area contributed by atoms with Crippen LogP contribution in [0.4, 0.5) is 5.69 Å². The zero-order chi connectivity index (χ0) is 17.5. The van der Waals surface area contributed by atoms with Gasteiger partial charge in [-0.2, -0.15) is 0 Å². The first-order valence-corrected chi connectivity index (χ1v) is 7.62. The molecule has 6 nitrogen and oxygen atoms in total. The van der Waals surface area contributed by atoms with Crippen LogP contribution < -0.4 is 20.5 Å². The Balaban J connectivity index is 1.91. The Kier molecular flexibility index (Phi) is 5.78. The lowest BCUT2D eigenvalue weighted by atomic mass is 10.2. The van der Waals surface area contributed by atoms with Gasteiger partial charge in [-0.1, -0.05) is 0 Å². The fourth-order valence-electron chi connectivity index (χ4n) is 2.04. The summed E-state index contributed by atoms with van der Waals surface area (Å²) in [6, 6.07) is 13.8. The number of hydrogen-bond acceptors (Lipinski definition) is 4. The first-order valence-electron chi connectivity index (χ1n) is 7.62. The number of carbonyl (C=O) groups excluding carboxylic acids is 2. The van der Waals surface area contributed by atoms with Crippen LogP contribution in [0, 0.1) is 0 Å². The monoisotopic (exact) mass is 327 g/mol. The Bertz CT molecular complexity index is 694. The first kappa shape index (κ1) is 17.3. The summed E-state index contributed by atoms with van der Waals surface area (Å²) in [6.07, 6.45) is 0. The lowest BCUT2D eigenvalue weighted by Gasteiger charge is -2.13. The van der Waals surface area contributed by atoms with Crippen molar-refractivity contribution in [2.75, 3.05) is 25.6 Å². The summed E-state index contributed by atoms with van der Waals surface area (Å²) >= 11 is 0. The lowest BCUT2D eigenvalue weighted by molar-refractivity contribution is 0.0846. The van der Waals surface area contributed by atoms with E-state index in [1.54, 1.807) is 36.4 Å². The zero-order valence-electron chi connectivity index (χ0n) is 14.0. The molecule has 0 heterocycles. The summed E-state index contributed by atoms with van der Waals surface area (Å²) in [6.45, 7) is 2.45. The predicted molar refractivity (Wildman–Crippen MR) is 93.3 cm³/mol. The molecule has 0 aliphatic carbocycles. The molecule has 6 heteroatoms. The van der Waals surface area contributed by atoms with Crippen LogP contribution in [-0.4, -0.2) is 32.5 Å². The highest BCUT2D eigenvalue weighted by molar-refractivity contribution is 5.99. The third-order valence-electron chi connectivity index (χ3n) is 3.36. The van der Waals surface area contributed by atoms with E-state index in [0.29, 0.717) is 23.5 Å². The molecule has 24 heavy (non-hydrogen) atoms. The highest BCUT2D eigenvalue weighted by atomic mass is 16.5. The van der Waals surface area contributed by atoms with E-state index in [9.17, 15) is 9.59 Å². The highest BCUT2D eigenvalue weighted by Crippen LogP contribution is 2.13. The van der Waals surface area contributed by atoms with Gasteiger partial charge in [0, 0.05) is 30.9 Å². The number of anilines is 1. The average Bonchev–Trinajstić information content (AvgIpc) is 2.60. The number of nitrogens with zero attached hydrogens (tertiary/aromatic N) is 1. The van der Waals surface area contributed by atoms with Gasteiger partial charge in [0.05, 0.1) is 6.61 Å². The Morgan fingerprint density at radius 1 is 0.875 bits per heavy atom. The number of amides is 2. The van der Waals surface area contributed by atoms with Crippen LogP contribution in [0.3, 0.4) is 0 Å². The molecular weight excluding hydrogens is 306 g/mol. The largest absolute Gasteiger partial charge is 0.494 e. The molecule has 0 aliphatic rings. The van der Waals surface area contributed by atoms with Crippen molar-refractivity contribution in [1.29, 1.82) is 0 Å². The summed E-state index contributed by atoms with van der Waals surface area (Å²) < 4.78 is 5.32. The van der Waals surface area contributed by atoms with Crippen molar-refractivity contribution in [3.8, 4) is 5.75 Å². The van der Waals surface area contributed by atoms with Gasteiger partial charge < -0.3 is 9.64 Å². The number of ether oxygens (including phenoxy) is 1. The molecule has 0 unspecified atom stereocenters. The summed E-state index contributed by atoms with van der Waals surface area (Å²) in [5.74, 6) is -0.0741. The van der Waals surface area contributed by atoms with Crippen molar-refractivity contribution in [3.63, 3.8) is 0 Å². The van der Waals surface area contributed by atoms with Crippen LogP contribution in [0.2, 0.25) is 0 Å². The Morgan fingerprint density at radius 3 is 1.75 bits per heavy atom. The first-order chi connectivity index (χ1) is 11.5. The van der Waals surface area contributed by atoms with E-state index in [2.05, 4.69) is 10.9 Å². The third kappa shape index (κ3) is 4.49. The van der Waals surface area contributed by atoms with E-state index in [1.807, 2.05) is 38.1 Å². The molecule has 0 bridgehead atoms. The molecule has 0 saturated heterocycles. The van der Waals surface area contributed by atoms with Crippen LogP contribution in [0.15, 0.2) is 48.5 Å². The van der Waals surface area contributed by atoms with Crippen LogP contribution in [0.1, 0.15) is 27.6 Å². The predicted octanol–water partition coefficient (Wildman–Crippen LogP) is 2.23. The molecule has 0 aromatic heterocycles. The van der Waals surface area contributed by atoms with E-state index in [-0.39, 0.29) is 5.91 Å². The number of carbonyl (C=O) groups is 2. The molecule has 126 valence electrons. The molecule has 2 rings (SSSR count). The summed E-state index contributed by atoms with van der Waals surface area (Å²) in [5, 5.41) is 0. The molecule has 2 N–H and O–H groups in total. The van der Waals surface area contributed by atoms with Crippen LogP contribution in [0.25, 0.3) is 0 Å². The normalized spacial score (nSPS) is 9.96. The zero-order valence-corrected chi connectivity index (χ0v) is 14.0.